The molecule has 2 aromatic heterocycles. The third kappa shape index (κ3) is 5.68. The fourth-order valence-electron chi connectivity index (χ4n) is 2.50. The maximum atomic E-state index is 12.3. The Morgan fingerprint density at radius 2 is 2.00 bits per heavy atom. The second-order valence-corrected chi connectivity index (χ2v) is 7.24. The Hall–Kier alpha value is -3.13. The average Bonchev–Trinajstić information content (AvgIpc) is 3.32. The number of anilines is 1. The minimum absolute atomic E-state index is 0.0704. The van der Waals surface area contributed by atoms with Gasteiger partial charge >= 0.3 is 5.97 Å². The molecule has 0 atom stereocenters. The van der Waals surface area contributed by atoms with Crippen LogP contribution in [0.25, 0.3) is 0 Å². The zero-order valence-electron chi connectivity index (χ0n) is 16.5. The first-order valence-corrected chi connectivity index (χ1v) is 10.0. The largest absolute Gasteiger partial charge is 0.486 e. The van der Waals surface area contributed by atoms with Crippen molar-refractivity contribution in [3.8, 4) is 5.75 Å². The number of aryl methyl sites for hydroxylation is 2. The first-order valence-electron chi connectivity index (χ1n) is 9.14. The molecule has 0 saturated carbocycles. The number of ether oxygens (including phenoxy) is 2. The molecule has 0 unspecified atom stereocenters. The number of esters is 1. The van der Waals surface area contributed by atoms with E-state index < -0.39 is 5.91 Å². The monoisotopic (exact) mass is 414 g/mol. The molecule has 0 saturated heterocycles. The van der Waals surface area contributed by atoms with Gasteiger partial charge in [-0.25, -0.2) is 4.98 Å². The van der Waals surface area contributed by atoms with Crippen LogP contribution in [0.2, 0.25) is 0 Å². The van der Waals surface area contributed by atoms with Crippen molar-refractivity contribution in [2.24, 2.45) is 0 Å². The molecule has 0 spiro atoms. The number of nitrogens with zero attached hydrogens (tertiary/aromatic N) is 1. The highest BCUT2D eigenvalue weighted by Gasteiger charge is 2.15. The van der Waals surface area contributed by atoms with E-state index in [0.29, 0.717) is 23.2 Å². The van der Waals surface area contributed by atoms with Crippen LogP contribution in [0, 0.1) is 13.8 Å². The zero-order valence-corrected chi connectivity index (χ0v) is 17.3. The van der Waals surface area contributed by atoms with Crippen molar-refractivity contribution in [3.63, 3.8) is 0 Å². The maximum absolute atomic E-state index is 12.3. The number of aromatic nitrogens is 1. The van der Waals surface area contributed by atoms with Crippen LogP contribution in [0.4, 0.5) is 5.13 Å². The lowest BCUT2D eigenvalue weighted by atomic mass is 10.1. The lowest BCUT2D eigenvalue weighted by molar-refractivity contribution is -0.142. The quantitative estimate of drug-likeness (QED) is 0.553. The van der Waals surface area contributed by atoms with Crippen LogP contribution in [0.5, 0.6) is 5.75 Å². The summed E-state index contributed by atoms with van der Waals surface area (Å²) in [6, 6.07) is 9.14. The highest BCUT2D eigenvalue weighted by atomic mass is 32.1. The summed E-state index contributed by atoms with van der Waals surface area (Å²) < 4.78 is 16.2. The third-order valence-corrected chi connectivity index (χ3v) is 4.95. The smallest absolute Gasteiger partial charge is 0.311 e. The summed E-state index contributed by atoms with van der Waals surface area (Å²) in [7, 11) is 0. The molecule has 1 N–H and O–H groups in total. The molecular formula is C21H22N2O5S. The number of amides is 1. The summed E-state index contributed by atoms with van der Waals surface area (Å²) in [6.45, 7) is 6.35. The van der Waals surface area contributed by atoms with Gasteiger partial charge in [-0.05, 0) is 56.2 Å². The molecule has 0 aliphatic rings. The summed E-state index contributed by atoms with van der Waals surface area (Å²) in [5, 5.41) is 4.76. The molecule has 0 aliphatic carbocycles. The van der Waals surface area contributed by atoms with Crippen LogP contribution in [0.3, 0.4) is 0 Å². The molecule has 8 heteroatoms. The van der Waals surface area contributed by atoms with Gasteiger partial charge in [0.1, 0.15) is 18.1 Å². The van der Waals surface area contributed by atoms with Crippen LogP contribution in [0.1, 0.15) is 40.1 Å². The second-order valence-electron chi connectivity index (χ2n) is 6.38. The van der Waals surface area contributed by atoms with Gasteiger partial charge in [0.2, 0.25) is 0 Å². The molecule has 2 heterocycles. The van der Waals surface area contributed by atoms with Crippen molar-refractivity contribution >= 4 is 28.3 Å². The SMILES string of the molecule is CCOC(=O)Cc1csc(NC(=O)c2ccc(COc3ccc(C)c(C)c3)o2)n1. The van der Waals surface area contributed by atoms with Gasteiger partial charge in [-0.15, -0.1) is 11.3 Å². The number of carbonyl (C=O) groups excluding carboxylic acids is 2. The average molecular weight is 414 g/mol. The summed E-state index contributed by atoms with van der Waals surface area (Å²) in [5.41, 5.74) is 2.89. The molecule has 0 fully saturated rings. The predicted octanol–water partition coefficient (Wildman–Crippen LogP) is 4.29. The van der Waals surface area contributed by atoms with Crippen LogP contribution in [0.15, 0.2) is 40.1 Å². The topological polar surface area (TPSA) is 90.7 Å². The number of nitrogens with one attached hydrogen (secondary N) is 1. The molecule has 1 aromatic carbocycles. The van der Waals surface area contributed by atoms with Crippen molar-refractivity contribution in [1.29, 1.82) is 0 Å². The fourth-order valence-corrected chi connectivity index (χ4v) is 3.21. The van der Waals surface area contributed by atoms with Gasteiger partial charge in [-0.3, -0.25) is 14.9 Å². The molecule has 0 aliphatic heterocycles. The van der Waals surface area contributed by atoms with E-state index in [1.165, 1.54) is 16.9 Å². The Morgan fingerprint density at radius 1 is 1.17 bits per heavy atom. The minimum atomic E-state index is -0.417. The van der Waals surface area contributed by atoms with E-state index in [2.05, 4.69) is 10.3 Å². The number of rotatable bonds is 8. The van der Waals surface area contributed by atoms with Gasteiger partial charge in [0, 0.05) is 5.38 Å². The van der Waals surface area contributed by atoms with Crippen molar-refractivity contribution in [3.05, 3.63) is 64.1 Å². The standard InChI is InChI=1S/C21H22N2O5S/c1-4-26-19(24)10-15-12-29-21(22-15)23-20(25)18-8-7-17(28-18)11-27-16-6-5-13(2)14(3)9-16/h5-9,12H,4,10-11H2,1-3H3,(H,22,23,25). The van der Waals surface area contributed by atoms with Crippen LogP contribution in [-0.4, -0.2) is 23.5 Å². The fraction of sp³-hybridized carbons (Fsp3) is 0.286. The normalized spacial score (nSPS) is 10.6. The zero-order chi connectivity index (χ0) is 20.8. The molecule has 7 nitrogen and oxygen atoms in total. The first-order chi connectivity index (χ1) is 13.9. The molecule has 152 valence electrons. The Labute approximate surface area is 172 Å². The molecule has 1 amide bonds. The number of hydrogen-bond acceptors (Lipinski definition) is 7. The van der Waals surface area contributed by atoms with E-state index in [1.54, 1.807) is 24.4 Å². The Kier molecular flexibility index (Phi) is 6.66. The summed E-state index contributed by atoms with van der Waals surface area (Å²) in [6.07, 6.45) is 0.0704. The lowest BCUT2D eigenvalue weighted by Crippen LogP contribution is -2.11. The minimum Gasteiger partial charge on any atom is -0.486 e. The van der Waals surface area contributed by atoms with Crippen LogP contribution in [-0.2, 0) is 22.6 Å². The van der Waals surface area contributed by atoms with Gasteiger partial charge in [0.15, 0.2) is 10.9 Å². The number of thiazole rings is 1. The summed E-state index contributed by atoms with van der Waals surface area (Å²) >= 11 is 1.23. The van der Waals surface area contributed by atoms with Crippen LogP contribution >= 0.6 is 11.3 Å². The predicted molar refractivity (Wildman–Crippen MR) is 109 cm³/mol. The van der Waals surface area contributed by atoms with Gasteiger partial charge in [-0.2, -0.15) is 0 Å². The van der Waals surface area contributed by atoms with E-state index >= 15 is 0 Å². The van der Waals surface area contributed by atoms with Gasteiger partial charge in [-0.1, -0.05) is 6.07 Å². The van der Waals surface area contributed by atoms with Crippen molar-refractivity contribution in [2.45, 2.75) is 33.8 Å². The van der Waals surface area contributed by atoms with Crippen molar-refractivity contribution in [1.82, 2.24) is 4.98 Å². The van der Waals surface area contributed by atoms with Gasteiger partial charge in [0.25, 0.3) is 5.91 Å². The van der Waals surface area contributed by atoms with E-state index in [-0.39, 0.29) is 24.8 Å². The number of hydrogen-bond donors (Lipinski definition) is 1. The third-order valence-electron chi connectivity index (χ3n) is 4.15. The molecule has 0 radical (unpaired) electrons. The van der Waals surface area contributed by atoms with Crippen molar-refractivity contribution in [2.75, 3.05) is 11.9 Å². The Balaban J connectivity index is 1.54. The summed E-state index contributed by atoms with van der Waals surface area (Å²) in [5.74, 6) is 0.670. The van der Waals surface area contributed by atoms with Crippen molar-refractivity contribution < 1.29 is 23.5 Å². The molecule has 0 bridgehead atoms. The second kappa shape index (κ2) is 9.38. The number of furan rings is 1. The van der Waals surface area contributed by atoms with Gasteiger partial charge in [0.05, 0.1) is 18.7 Å². The summed E-state index contributed by atoms with van der Waals surface area (Å²) in [4.78, 5) is 28.1. The highest BCUT2D eigenvalue weighted by Crippen LogP contribution is 2.20. The Morgan fingerprint density at radius 3 is 2.76 bits per heavy atom. The highest BCUT2D eigenvalue weighted by molar-refractivity contribution is 7.14. The van der Waals surface area contributed by atoms with E-state index in [9.17, 15) is 9.59 Å². The van der Waals surface area contributed by atoms with E-state index in [0.717, 1.165) is 11.3 Å². The van der Waals surface area contributed by atoms with Gasteiger partial charge < -0.3 is 13.9 Å². The molecule has 29 heavy (non-hydrogen) atoms. The lowest BCUT2D eigenvalue weighted by Gasteiger charge is -2.06. The maximum Gasteiger partial charge on any atom is 0.311 e. The molecular weight excluding hydrogens is 392 g/mol. The first kappa shape index (κ1) is 20.6. The van der Waals surface area contributed by atoms with E-state index in [1.807, 2.05) is 32.0 Å². The number of benzene rings is 1. The number of carbonyl (C=O) groups is 2. The van der Waals surface area contributed by atoms with E-state index in [4.69, 9.17) is 13.9 Å². The van der Waals surface area contributed by atoms with Crippen LogP contribution < -0.4 is 10.1 Å². The Bertz CT molecular complexity index is 1010. The molecule has 3 aromatic rings. The molecule has 3 rings (SSSR count).